The maximum absolute atomic E-state index is 5.95. The van der Waals surface area contributed by atoms with Crippen LogP contribution in [-0.2, 0) is 4.74 Å². The molecule has 0 spiro atoms. The summed E-state index contributed by atoms with van der Waals surface area (Å²) in [5.41, 5.74) is 7.65. The van der Waals surface area contributed by atoms with Gasteiger partial charge in [-0.05, 0) is 31.9 Å². The van der Waals surface area contributed by atoms with Crippen molar-refractivity contribution in [3.05, 3.63) is 18.2 Å². The van der Waals surface area contributed by atoms with Crippen molar-refractivity contribution < 1.29 is 9.47 Å². The summed E-state index contributed by atoms with van der Waals surface area (Å²) in [6.07, 6.45) is 2.34. The molecule has 1 saturated heterocycles. The van der Waals surface area contributed by atoms with Gasteiger partial charge in [-0.25, -0.2) is 0 Å². The predicted octanol–water partition coefficient (Wildman–Crippen LogP) is 2.26. The molecule has 0 bridgehead atoms. The number of benzene rings is 1. The Kier molecular flexibility index (Phi) is 3.74. The SMILES string of the molecule is COc1ccc(N)c(NC2CCOC(C)C2)c1. The van der Waals surface area contributed by atoms with Crippen LogP contribution in [0.2, 0.25) is 0 Å². The van der Waals surface area contributed by atoms with Gasteiger partial charge in [0.15, 0.2) is 0 Å². The number of rotatable bonds is 3. The fourth-order valence-corrected chi connectivity index (χ4v) is 2.14. The fourth-order valence-electron chi connectivity index (χ4n) is 2.14. The maximum atomic E-state index is 5.95. The highest BCUT2D eigenvalue weighted by Crippen LogP contribution is 2.27. The van der Waals surface area contributed by atoms with E-state index in [9.17, 15) is 0 Å². The first-order valence-electron chi connectivity index (χ1n) is 6.00. The third-order valence-corrected chi connectivity index (χ3v) is 3.11. The predicted molar refractivity (Wildman–Crippen MR) is 69.5 cm³/mol. The van der Waals surface area contributed by atoms with Crippen LogP contribution in [0.15, 0.2) is 18.2 Å². The van der Waals surface area contributed by atoms with E-state index < -0.39 is 0 Å². The minimum atomic E-state index is 0.313. The molecule has 1 aromatic rings. The van der Waals surface area contributed by atoms with Gasteiger partial charge in [-0.2, -0.15) is 0 Å². The number of nitrogen functional groups attached to an aromatic ring is 1. The minimum absolute atomic E-state index is 0.313. The van der Waals surface area contributed by atoms with Crippen molar-refractivity contribution in [3.8, 4) is 5.75 Å². The Balaban J connectivity index is 2.06. The average molecular weight is 236 g/mol. The minimum Gasteiger partial charge on any atom is -0.497 e. The van der Waals surface area contributed by atoms with Crippen LogP contribution >= 0.6 is 0 Å². The van der Waals surface area contributed by atoms with E-state index in [-0.39, 0.29) is 0 Å². The Morgan fingerprint density at radius 1 is 1.47 bits per heavy atom. The third kappa shape index (κ3) is 3.03. The summed E-state index contributed by atoms with van der Waals surface area (Å²) in [6, 6.07) is 6.10. The van der Waals surface area contributed by atoms with Crippen molar-refractivity contribution in [2.75, 3.05) is 24.8 Å². The second-order valence-corrected chi connectivity index (χ2v) is 4.50. The summed E-state index contributed by atoms with van der Waals surface area (Å²) < 4.78 is 10.7. The van der Waals surface area contributed by atoms with Gasteiger partial charge in [0.25, 0.3) is 0 Å². The van der Waals surface area contributed by atoms with Gasteiger partial charge in [-0.15, -0.1) is 0 Å². The Hall–Kier alpha value is -1.42. The van der Waals surface area contributed by atoms with E-state index in [4.69, 9.17) is 15.2 Å². The maximum Gasteiger partial charge on any atom is 0.121 e. The lowest BCUT2D eigenvalue weighted by atomic mass is 10.0. The Morgan fingerprint density at radius 3 is 3.00 bits per heavy atom. The van der Waals surface area contributed by atoms with Crippen LogP contribution in [0, 0.1) is 0 Å². The molecule has 1 aliphatic heterocycles. The van der Waals surface area contributed by atoms with Crippen LogP contribution in [0.1, 0.15) is 19.8 Å². The van der Waals surface area contributed by atoms with Crippen LogP contribution in [0.3, 0.4) is 0 Å². The zero-order chi connectivity index (χ0) is 12.3. The highest BCUT2D eigenvalue weighted by atomic mass is 16.5. The molecule has 1 aromatic carbocycles. The summed E-state index contributed by atoms with van der Waals surface area (Å²) in [7, 11) is 1.66. The molecule has 0 aliphatic carbocycles. The van der Waals surface area contributed by atoms with Crippen LogP contribution in [0.5, 0.6) is 5.75 Å². The van der Waals surface area contributed by atoms with Crippen molar-refractivity contribution in [3.63, 3.8) is 0 Å². The number of hydrogen-bond donors (Lipinski definition) is 2. The lowest BCUT2D eigenvalue weighted by Gasteiger charge is -2.29. The van der Waals surface area contributed by atoms with Crippen molar-refractivity contribution in [1.29, 1.82) is 0 Å². The summed E-state index contributed by atoms with van der Waals surface area (Å²) in [4.78, 5) is 0. The molecule has 1 heterocycles. The van der Waals surface area contributed by atoms with Crippen LogP contribution < -0.4 is 15.8 Å². The smallest absolute Gasteiger partial charge is 0.121 e. The lowest BCUT2D eigenvalue weighted by Crippen LogP contribution is -2.32. The van der Waals surface area contributed by atoms with E-state index in [0.29, 0.717) is 12.1 Å². The molecule has 0 amide bonds. The zero-order valence-electron chi connectivity index (χ0n) is 10.4. The van der Waals surface area contributed by atoms with E-state index in [1.54, 1.807) is 7.11 Å². The Labute approximate surface area is 102 Å². The van der Waals surface area contributed by atoms with E-state index >= 15 is 0 Å². The van der Waals surface area contributed by atoms with E-state index in [0.717, 1.165) is 36.6 Å². The molecule has 2 unspecified atom stereocenters. The normalized spacial score (nSPS) is 24.4. The third-order valence-electron chi connectivity index (χ3n) is 3.11. The van der Waals surface area contributed by atoms with Gasteiger partial charge < -0.3 is 20.5 Å². The monoisotopic (exact) mass is 236 g/mol. The number of ether oxygens (including phenoxy) is 2. The van der Waals surface area contributed by atoms with Gasteiger partial charge in [0, 0.05) is 18.7 Å². The number of anilines is 2. The number of nitrogens with two attached hydrogens (primary N) is 1. The summed E-state index contributed by atoms with van der Waals surface area (Å²) in [5, 5.41) is 3.47. The van der Waals surface area contributed by atoms with Gasteiger partial charge in [0.05, 0.1) is 24.6 Å². The second kappa shape index (κ2) is 5.27. The molecule has 1 aliphatic rings. The zero-order valence-corrected chi connectivity index (χ0v) is 10.4. The highest BCUT2D eigenvalue weighted by molar-refractivity contribution is 5.68. The van der Waals surface area contributed by atoms with Gasteiger partial charge in [-0.1, -0.05) is 0 Å². The first-order valence-corrected chi connectivity index (χ1v) is 6.00. The largest absolute Gasteiger partial charge is 0.497 e. The molecular formula is C13H20N2O2. The number of nitrogens with one attached hydrogen (secondary N) is 1. The van der Waals surface area contributed by atoms with Crippen molar-refractivity contribution in [2.45, 2.75) is 31.9 Å². The second-order valence-electron chi connectivity index (χ2n) is 4.50. The van der Waals surface area contributed by atoms with E-state index in [1.165, 1.54) is 0 Å². The van der Waals surface area contributed by atoms with Crippen molar-refractivity contribution in [1.82, 2.24) is 0 Å². The average Bonchev–Trinajstić information content (AvgIpc) is 2.32. The molecule has 4 nitrogen and oxygen atoms in total. The van der Waals surface area contributed by atoms with Gasteiger partial charge in [0.2, 0.25) is 0 Å². The molecule has 0 aromatic heterocycles. The molecule has 17 heavy (non-hydrogen) atoms. The van der Waals surface area contributed by atoms with E-state index in [1.807, 2.05) is 18.2 Å². The van der Waals surface area contributed by atoms with Gasteiger partial charge >= 0.3 is 0 Å². The summed E-state index contributed by atoms with van der Waals surface area (Å²) in [5.74, 6) is 0.821. The molecule has 4 heteroatoms. The molecule has 2 rings (SSSR count). The number of methoxy groups -OCH3 is 1. The molecule has 3 N–H and O–H groups in total. The molecular weight excluding hydrogens is 216 g/mol. The topological polar surface area (TPSA) is 56.5 Å². The first-order chi connectivity index (χ1) is 8.19. The summed E-state index contributed by atoms with van der Waals surface area (Å²) in [6.45, 7) is 2.91. The molecule has 0 saturated carbocycles. The standard InChI is InChI=1S/C13H20N2O2/c1-9-7-10(5-6-17-9)15-13-8-11(16-2)3-4-12(13)14/h3-4,8-10,15H,5-7,14H2,1-2H3. The highest BCUT2D eigenvalue weighted by Gasteiger charge is 2.19. The molecule has 1 fully saturated rings. The summed E-state index contributed by atoms with van der Waals surface area (Å²) >= 11 is 0. The van der Waals surface area contributed by atoms with Gasteiger partial charge in [0.1, 0.15) is 5.75 Å². The van der Waals surface area contributed by atoms with Crippen LogP contribution in [0.4, 0.5) is 11.4 Å². The number of hydrogen-bond acceptors (Lipinski definition) is 4. The van der Waals surface area contributed by atoms with Crippen molar-refractivity contribution in [2.24, 2.45) is 0 Å². The van der Waals surface area contributed by atoms with Crippen molar-refractivity contribution >= 4 is 11.4 Å². The first kappa shape index (κ1) is 12.0. The molecule has 94 valence electrons. The Morgan fingerprint density at radius 2 is 2.29 bits per heavy atom. The lowest BCUT2D eigenvalue weighted by molar-refractivity contribution is 0.0232. The molecule has 0 radical (unpaired) electrons. The quantitative estimate of drug-likeness (QED) is 0.790. The molecule has 2 atom stereocenters. The fraction of sp³-hybridized carbons (Fsp3) is 0.538. The van der Waals surface area contributed by atoms with Crippen LogP contribution in [0.25, 0.3) is 0 Å². The van der Waals surface area contributed by atoms with E-state index in [2.05, 4.69) is 12.2 Å². The van der Waals surface area contributed by atoms with Gasteiger partial charge in [-0.3, -0.25) is 0 Å². The van der Waals surface area contributed by atoms with Crippen LogP contribution in [-0.4, -0.2) is 25.9 Å². The Bertz CT molecular complexity index is 382.